The second kappa shape index (κ2) is 8.39. The van der Waals surface area contributed by atoms with Gasteiger partial charge in [0.25, 0.3) is 0 Å². The lowest BCUT2D eigenvalue weighted by Crippen LogP contribution is -2.38. The van der Waals surface area contributed by atoms with Crippen LogP contribution in [0.15, 0.2) is 23.3 Å². The molecule has 2 heteroatoms. The first-order valence-electron chi connectivity index (χ1n) is 10.4. The number of rotatable bonds is 5. The molecular formula is C23H41NO. The second-order valence-corrected chi connectivity index (χ2v) is 10.3. The van der Waals surface area contributed by atoms with E-state index in [4.69, 9.17) is 0 Å². The third-order valence-corrected chi connectivity index (χ3v) is 5.94. The minimum absolute atomic E-state index is 0.0166. The summed E-state index contributed by atoms with van der Waals surface area (Å²) in [6, 6.07) is 0.749. The van der Waals surface area contributed by atoms with E-state index in [-0.39, 0.29) is 22.9 Å². The number of allylic oxidation sites excluding steroid dienone is 2. The summed E-state index contributed by atoms with van der Waals surface area (Å²) < 4.78 is 0. The van der Waals surface area contributed by atoms with Crippen LogP contribution in [-0.4, -0.2) is 23.8 Å². The van der Waals surface area contributed by atoms with Crippen molar-refractivity contribution in [2.45, 2.75) is 98.6 Å². The van der Waals surface area contributed by atoms with Crippen molar-refractivity contribution >= 4 is 0 Å². The first-order chi connectivity index (χ1) is 11.6. The highest BCUT2D eigenvalue weighted by Gasteiger charge is 2.37. The molecule has 1 saturated carbocycles. The lowest BCUT2D eigenvalue weighted by molar-refractivity contribution is 0.0816. The third-order valence-electron chi connectivity index (χ3n) is 5.94. The highest BCUT2D eigenvalue weighted by molar-refractivity contribution is 5.36. The van der Waals surface area contributed by atoms with E-state index in [1.807, 2.05) is 0 Å². The first kappa shape index (κ1) is 20.7. The van der Waals surface area contributed by atoms with Gasteiger partial charge in [-0.05, 0) is 48.6 Å². The van der Waals surface area contributed by atoms with Crippen molar-refractivity contribution in [3.05, 3.63) is 23.3 Å². The van der Waals surface area contributed by atoms with Crippen LogP contribution in [-0.2, 0) is 0 Å². The molecule has 144 valence electrons. The van der Waals surface area contributed by atoms with Crippen molar-refractivity contribution in [2.24, 2.45) is 16.7 Å². The maximum atomic E-state index is 10.9. The Balaban J connectivity index is 1.97. The van der Waals surface area contributed by atoms with Crippen LogP contribution in [0.3, 0.4) is 0 Å². The summed E-state index contributed by atoms with van der Waals surface area (Å²) in [6.45, 7) is 14.5. The van der Waals surface area contributed by atoms with Crippen LogP contribution >= 0.6 is 0 Å². The molecule has 2 unspecified atom stereocenters. The Labute approximate surface area is 156 Å². The normalized spacial score (nSPS) is 26.4. The Hall–Kier alpha value is -0.600. The van der Waals surface area contributed by atoms with Crippen LogP contribution in [0.4, 0.5) is 0 Å². The van der Waals surface area contributed by atoms with Gasteiger partial charge in [0.1, 0.15) is 0 Å². The molecule has 0 amide bonds. The van der Waals surface area contributed by atoms with Crippen molar-refractivity contribution in [2.75, 3.05) is 6.54 Å². The zero-order chi connectivity index (χ0) is 18.7. The van der Waals surface area contributed by atoms with Crippen molar-refractivity contribution in [1.82, 2.24) is 5.32 Å². The van der Waals surface area contributed by atoms with E-state index in [0.29, 0.717) is 0 Å². The first-order valence-corrected chi connectivity index (χ1v) is 10.4. The van der Waals surface area contributed by atoms with Crippen LogP contribution in [0.5, 0.6) is 0 Å². The summed E-state index contributed by atoms with van der Waals surface area (Å²) in [4.78, 5) is 0. The zero-order valence-corrected chi connectivity index (χ0v) is 17.5. The number of hydrogen-bond donors (Lipinski definition) is 2. The van der Waals surface area contributed by atoms with Crippen LogP contribution in [0, 0.1) is 16.7 Å². The van der Waals surface area contributed by atoms with Crippen molar-refractivity contribution in [3.63, 3.8) is 0 Å². The number of aliphatic hydroxyl groups excluding tert-OH is 1. The molecule has 2 nitrogen and oxygen atoms in total. The molecule has 0 bridgehead atoms. The smallest absolute Gasteiger partial charge is 0.0826 e. The summed E-state index contributed by atoms with van der Waals surface area (Å²) >= 11 is 0. The summed E-state index contributed by atoms with van der Waals surface area (Å²) in [7, 11) is 0. The van der Waals surface area contributed by atoms with Crippen molar-refractivity contribution in [1.29, 1.82) is 0 Å². The molecule has 1 fully saturated rings. The van der Waals surface area contributed by atoms with E-state index < -0.39 is 0 Å². The van der Waals surface area contributed by atoms with Gasteiger partial charge >= 0.3 is 0 Å². The van der Waals surface area contributed by atoms with Crippen molar-refractivity contribution in [3.8, 4) is 0 Å². The SMILES string of the molecule is CC(C)(C)C1=CC(CCCNC2CCCCC2)=CC(C(C)(C)C)C1O. The van der Waals surface area contributed by atoms with Crippen LogP contribution in [0.1, 0.15) is 86.5 Å². The predicted molar refractivity (Wildman–Crippen MR) is 109 cm³/mol. The third kappa shape index (κ3) is 5.96. The highest BCUT2D eigenvalue weighted by atomic mass is 16.3. The van der Waals surface area contributed by atoms with E-state index in [1.54, 1.807) is 0 Å². The molecule has 0 aliphatic heterocycles. The summed E-state index contributed by atoms with van der Waals surface area (Å²) in [6.07, 6.45) is 13.5. The molecule has 2 atom stereocenters. The molecule has 0 aromatic carbocycles. The second-order valence-electron chi connectivity index (χ2n) is 10.3. The van der Waals surface area contributed by atoms with Gasteiger partial charge in [0.05, 0.1) is 6.10 Å². The van der Waals surface area contributed by atoms with Gasteiger partial charge in [0.15, 0.2) is 0 Å². The van der Waals surface area contributed by atoms with Gasteiger partial charge in [-0.2, -0.15) is 0 Å². The van der Waals surface area contributed by atoms with Crippen LogP contribution in [0.25, 0.3) is 0 Å². The molecule has 0 aromatic heterocycles. The maximum absolute atomic E-state index is 10.9. The molecule has 0 spiro atoms. The van der Waals surface area contributed by atoms with E-state index in [2.05, 4.69) is 59.0 Å². The van der Waals surface area contributed by atoms with Crippen LogP contribution in [0.2, 0.25) is 0 Å². The maximum Gasteiger partial charge on any atom is 0.0826 e. The molecule has 2 aliphatic carbocycles. The van der Waals surface area contributed by atoms with Gasteiger partial charge in [0.2, 0.25) is 0 Å². The van der Waals surface area contributed by atoms with Gasteiger partial charge < -0.3 is 10.4 Å². The molecule has 0 radical (unpaired) electrons. The molecule has 2 aliphatic rings. The molecule has 0 aromatic rings. The minimum atomic E-state index is -0.357. The standard InChI is InChI=1S/C23H41NO/c1-22(2,3)19-15-17(16-20(21(19)25)23(4,5)6)11-10-14-24-18-12-8-7-9-13-18/h15-16,18-19,21,24-25H,7-14H2,1-6H3. The Morgan fingerprint density at radius 3 is 2.24 bits per heavy atom. The van der Waals surface area contributed by atoms with Crippen LogP contribution < -0.4 is 5.32 Å². The van der Waals surface area contributed by atoms with Gasteiger partial charge in [-0.1, -0.05) is 78.5 Å². The van der Waals surface area contributed by atoms with Gasteiger partial charge in [0, 0.05) is 12.0 Å². The molecule has 0 heterocycles. The monoisotopic (exact) mass is 347 g/mol. The summed E-state index contributed by atoms with van der Waals surface area (Å²) in [5.74, 6) is 0.202. The van der Waals surface area contributed by atoms with E-state index in [1.165, 1.54) is 49.7 Å². The predicted octanol–water partition coefficient (Wildman–Crippen LogP) is 5.62. The number of hydrogen-bond acceptors (Lipinski definition) is 2. The quantitative estimate of drug-likeness (QED) is 0.632. The molecular weight excluding hydrogens is 306 g/mol. The fourth-order valence-electron chi connectivity index (χ4n) is 4.29. The Morgan fingerprint density at radius 1 is 1.04 bits per heavy atom. The Morgan fingerprint density at radius 2 is 1.68 bits per heavy atom. The summed E-state index contributed by atoms with van der Waals surface area (Å²) in [5, 5.41) is 14.7. The Bertz CT molecular complexity index is 483. The lowest BCUT2D eigenvalue weighted by atomic mass is 9.67. The average molecular weight is 348 g/mol. The van der Waals surface area contributed by atoms with E-state index in [0.717, 1.165) is 19.0 Å². The zero-order valence-electron chi connectivity index (χ0n) is 17.5. The fourth-order valence-corrected chi connectivity index (χ4v) is 4.29. The van der Waals surface area contributed by atoms with E-state index >= 15 is 0 Å². The largest absolute Gasteiger partial charge is 0.388 e. The molecule has 0 saturated heterocycles. The molecule has 25 heavy (non-hydrogen) atoms. The molecule has 2 N–H and O–H groups in total. The van der Waals surface area contributed by atoms with Gasteiger partial charge in [-0.15, -0.1) is 0 Å². The minimum Gasteiger partial charge on any atom is -0.388 e. The molecule has 2 rings (SSSR count). The number of aliphatic hydroxyl groups is 1. The van der Waals surface area contributed by atoms with Gasteiger partial charge in [-0.3, -0.25) is 0 Å². The van der Waals surface area contributed by atoms with Crippen molar-refractivity contribution < 1.29 is 5.11 Å². The summed E-state index contributed by atoms with van der Waals surface area (Å²) in [5.41, 5.74) is 2.71. The van der Waals surface area contributed by atoms with E-state index in [9.17, 15) is 5.11 Å². The lowest BCUT2D eigenvalue weighted by Gasteiger charge is -2.40. The number of nitrogens with one attached hydrogen (secondary N) is 1. The van der Waals surface area contributed by atoms with Gasteiger partial charge in [-0.25, -0.2) is 0 Å². The Kier molecular flexibility index (Phi) is 6.95. The topological polar surface area (TPSA) is 32.3 Å². The fraction of sp³-hybridized carbons (Fsp3) is 0.826. The highest BCUT2D eigenvalue weighted by Crippen LogP contribution is 2.42. The average Bonchev–Trinajstić information content (AvgIpc) is 2.51.